The zero-order valence-electron chi connectivity index (χ0n) is 9.37. The minimum atomic E-state index is -0.421. The average molecular weight is 226 g/mol. The van der Waals surface area contributed by atoms with E-state index in [0.29, 0.717) is 11.3 Å². The summed E-state index contributed by atoms with van der Waals surface area (Å²) in [6.45, 7) is 0.121. The summed E-state index contributed by atoms with van der Waals surface area (Å²) in [6, 6.07) is 4.18. The molecule has 2 N–H and O–H groups in total. The van der Waals surface area contributed by atoms with E-state index in [1.807, 2.05) is 0 Å². The zero-order valence-corrected chi connectivity index (χ0v) is 9.37. The van der Waals surface area contributed by atoms with Crippen molar-refractivity contribution in [2.75, 3.05) is 20.7 Å². The summed E-state index contributed by atoms with van der Waals surface area (Å²) in [7, 11) is 3.26. The fourth-order valence-electron chi connectivity index (χ4n) is 1.10. The lowest BCUT2D eigenvalue weighted by Gasteiger charge is -2.11. The van der Waals surface area contributed by atoms with Crippen LogP contribution in [0.25, 0.3) is 0 Å². The Labute approximate surface area is 93.8 Å². The van der Waals surface area contributed by atoms with Crippen LogP contribution in [0.3, 0.4) is 0 Å². The molecule has 0 saturated carbocycles. The Bertz CT molecular complexity index is 380. The molecule has 0 aliphatic carbocycles. The van der Waals surface area contributed by atoms with E-state index in [0.717, 1.165) is 0 Å². The highest BCUT2D eigenvalue weighted by Crippen LogP contribution is 2.16. The van der Waals surface area contributed by atoms with Crippen molar-refractivity contribution in [3.63, 3.8) is 0 Å². The topological polar surface area (TPSA) is 55.6 Å². The molecule has 1 aromatic rings. The van der Waals surface area contributed by atoms with Crippen molar-refractivity contribution in [1.82, 2.24) is 4.90 Å². The van der Waals surface area contributed by atoms with Gasteiger partial charge in [-0.05, 0) is 17.7 Å². The standard InChI is InChI=1S/C11H15FN2O2/c1-14(2)11(15)7-16-10-4-8(6-13)3-9(12)5-10/h3-5H,6-7,13H2,1-2H3. The number of nitrogens with two attached hydrogens (primary N) is 1. The highest BCUT2D eigenvalue weighted by atomic mass is 19.1. The first kappa shape index (κ1) is 12.4. The molecule has 1 aromatic carbocycles. The molecule has 0 aliphatic heterocycles. The summed E-state index contributed by atoms with van der Waals surface area (Å²) in [6.07, 6.45) is 0. The Balaban J connectivity index is 2.67. The van der Waals surface area contributed by atoms with Gasteiger partial charge >= 0.3 is 0 Å². The van der Waals surface area contributed by atoms with Crippen molar-refractivity contribution in [2.45, 2.75) is 6.54 Å². The quantitative estimate of drug-likeness (QED) is 0.824. The molecule has 0 heterocycles. The number of benzene rings is 1. The molecule has 5 heteroatoms. The van der Waals surface area contributed by atoms with Gasteiger partial charge in [-0.2, -0.15) is 0 Å². The third-order valence-corrected chi connectivity index (χ3v) is 2.03. The first-order chi connectivity index (χ1) is 7.52. The smallest absolute Gasteiger partial charge is 0.259 e. The van der Waals surface area contributed by atoms with Crippen molar-refractivity contribution in [3.8, 4) is 5.75 Å². The third kappa shape index (κ3) is 3.51. The second-order valence-electron chi connectivity index (χ2n) is 3.58. The second kappa shape index (κ2) is 5.46. The van der Waals surface area contributed by atoms with E-state index in [1.165, 1.54) is 17.0 Å². The summed E-state index contributed by atoms with van der Waals surface area (Å²) >= 11 is 0. The lowest BCUT2D eigenvalue weighted by Crippen LogP contribution is -2.27. The number of carbonyl (C=O) groups is 1. The van der Waals surface area contributed by atoms with Gasteiger partial charge in [0, 0.05) is 26.7 Å². The fourth-order valence-corrected chi connectivity index (χ4v) is 1.10. The van der Waals surface area contributed by atoms with E-state index in [2.05, 4.69) is 0 Å². The van der Waals surface area contributed by atoms with Gasteiger partial charge in [-0.15, -0.1) is 0 Å². The number of likely N-dealkylation sites (N-methyl/N-ethyl adjacent to an activating group) is 1. The molecule has 0 fully saturated rings. The molecule has 16 heavy (non-hydrogen) atoms. The molecule has 0 saturated heterocycles. The van der Waals surface area contributed by atoms with Gasteiger partial charge in [0.15, 0.2) is 6.61 Å². The molecule has 0 aliphatic rings. The van der Waals surface area contributed by atoms with E-state index in [1.54, 1.807) is 20.2 Å². The zero-order chi connectivity index (χ0) is 12.1. The summed E-state index contributed by atoms with van der Waals surface area (Å²) in [5.74, 6) is -0.288. The fraction of sp³-hybridized carbons (Fsp3) is 0.364. The number of halogens is 1. The average Bonchev–Trinajstić information content (AvgIpc) is 2.24. The van der Waals surface area contributed by atoms with Crippen LogP contribution in [0.1, 0.15) is 5.56 Å². The van der Waals surface area contributed by atoms with Crippen LogP contribution < -0.4 is 10.5 Å². The van der Waals surface area contributed by atoms with Gasteiger partial charge in [-0.25, -0.2) is 4.39 Å². The Morgan fingerprint density at radius 3 is 2.69 bits per heavy atom. The van der Waals surface area contributed by atoms with Crippen molar-refractivity contribution in [3.05, 3.63) is 29.6 Å². The third-order valence-electron chi connectivity index (χ3n) is 2.03. The number of hydrogen-bond acceptors (Lipinski definition) is 3. The van der Waals surface area contributed by atoms with Crippen LogP contribution in [0, 0.1) is 5.82 Å². The minimum absolute atomic E-state index is 0.111. The largest absolute Gasteiger partial charge is 0.484 e. The highest BCUT2D eigenvalue weighted by Gasteiger charge is 2.06. The number of nitrogens with zero attached hydrogens (tertiary/aromatic N) is 1. The van der Waals surface area contributed by atoms with Crippen LogP contribution in [0.5, 0.6) is 5.75 Å². The Morgan fingerprint density at radius 1 is 1.44 bits per heavy atom. The van der Waals surface area contributed by atoms with Crippen molar-refractivity contribution in [1.29, 1.82) is 0 Å². The van der Waals surface area contributed by atoms with E-state index < -0.39 is 5.82 Å². The second-order valence-corrected chi connectivity index (χ2v) is 3.58. The van der Waals surface area contributed by atoms with Crippen molar-refractivity contribution in [2.24, 2.45) is 5.73 Å². The van der Waals surface area contributed by atoms with Crippen molar-refractivity contribution >= 4 is 5.91 Å². The number of rotatable bonds is 4. The van der Waals surface area contributed by atoms with Gasteiger partial charge in [0.05, 0.1) is 0 Å². The monoisotopic (exact) mass is 226 g/mol. The molecule has 4 nitrogen and oxygen atoms in total. The SMILES string of the molecule is CN(C)C(=O)COc1cc(F)cc(CN)c1. The van der Waals surface area contributed by atoms with Gasteiger partial charge in [0.1, 0.15) is 11.6 Å². The van der Waals surface area contributed by atoms with Gasteiger partial charge in [-0.3, -0.25) is 4.79 Å². The number of carbonyl (C=O) groups excluding carboxylic acids is 1. The maximum atomic E-state index is 13.1. The lowest BCUT2D eigenvalue weighted by molar-refractivity contribution is -0.130. The maximum absolute atomic E-state index is 13.1. The van der Waals surface area contributed by atoms with E-state index in [9.17, 15) is 9.18 Å². The van der Waals surface area contributed by atoms with Gasteiger partial charge in [0.25, 0.3) is 5.91 Å². The summed E-state index contributed by atoms with van der Waals surface area (Å²) in [5.41, 5.74) is 6.03. The molecular formula is C11H15FN2O2. The first-order valence-electron chi connectivity index (χ1n) is 4.85. The molecule has 88 valence electrons. The van der Waals surface area contributed by atoms with Gasteiger partial charge in [0.2, 0.25) is 0 Å². The molecule has 0 atom stereocenters. The summed E-state index contributed by atoms with van der Waals surface area (Å²) < 4.78 is 18.2. The minimum Gasteiger partial charge on any atom is -0.484 e. The molecule has 1 rings (SSSR count). The maximum Gasteiger partial charge on any atom is 0.259 e. The van der Waals surface area contributed by atoms with Crippen LogP contribution in [0.15, 0.2) is 18.2 Å². The number of ether oxygens (including phenoxy) is 1. The molecule has 0 unspecified atom stereocenters. The van der Waals surface area contributed by atoms with Crippen molar-refractivity contribution < 1.29 is 13.9 Å². The molecule has 0 spiro atoms. The molecule has 0 aromatic heterocycles. The van der Waals surface area contributed by atoms with E-state index in [-0.39, 0.29) is 19.1 Å². The van der Waals surface area contributed by atoms with Crippen LogP contribution in [0.4, 0.5) is 4.39 Å². The van der Waals surface area contributed by atoms with Gasteiger partial charge in [-0.1, -0.05) is 0 Å². The molecule has 1 amide bonds. The van der Waals surface area contributed by atoms with E-state index >= 15 is 0 Å². The van der Waals surface area contributed by atoms with Crippen LogP contribution >= 0.6 is 0 Å². The normalized spacial score (nSPS) is 10.0. The summed E-state index contributed by atoms with van der Waals surface area (Å²) in [5, 5.41) is 0. The first-order valence-corrected chi connectivity index (χ1v) is 4.85. The van der Waals surface area contributed by atoms with Crippen LogP contribution in [0.2, 0.25) is 0 Å². The highest BCUT2D eigenvalue weighted by molar-refractivity contribution is 5.77. The van der Waals surface area contributed by atoms with Crippen LogP contribution in [-0.2, 0) is 11.3 Å². The van der Waals surface area contributed by atoms with E-state index in [4.69, 9.17) is 10.5 Å². The number of amides is 1. The molecular weight excluding hydrogens is 211 g/mol. The molecule has 0 radical (unpaired) electrons. The van der Waals surface area contributed by atoms with Crippen LogP contribution in [-0.4, -0.2) is 31.5 Å². The Morgan fingerprint density at radius 2 is 2.12 bits per heavy atom. The Hall–Kier alpha value is -1.62. The number of hydrogen-bond donors (Lipinski definition) is 1. The Kier molecular flexibility index (Phi) is 4.25. The van der Waals surface area contributed by atoms with Gasteiger partial charge < -0.3 is 15.4 Å². The predicted octanol–water partition coefficient (Wildman–Crippen LogP) is 0.751. The predicted molar refractivity (Wildman–Crippen MR) is 58.5 cm³/mol. The lowest BCUT2D eigenvalue weighted by atomic mass is 10.2. The summed E-state index contributed by atoms with van der Waals surface area (Å²) in [4.78, 5) is 12.6. The molecule has 0 bridgehead atoms.